The van der Waals surface area contributed by atoms with Gasteiger partial charge in [0.1, 0.15) is 0 Å². The van der Waals surface area contributed by atoms with E-state index in [1.54, 1.807) is 12.1 Å². The Hall–Kier alpha value is -0.870. The van der Waals surface area contributed by atoms with Crippen LogP contribution in [-0.2, 0) is 15.3 Å². The van der Waals surface area contributed by atoms with Gasteiger partial charge in [-0.15, -0.1) is 0 Å². The molecule has 1 aromatic rings. The summed E-state index contributed by atoms with van der Waals surface area (Å²) < 4.78 is 25.0. The van der Waals surface area contributed by atoms with E-state index in [1.807, 2.05) is 19.1 Å². The molecular weight excluding hydrogens is 282 g/mol. The molecule has 0 aliphatic carbocycles. The van der Waals surface area contributed by atoms with Gasteiger partial charge in [0.25, 0.3) is 0 Å². The maximum absolute atomic E-state index is 12.5. The van der Waals surface area contributed by atoms with Crippen molar-refractivity contribution in [3.63, 3.8) is 0 Å². The lowest BCUT2D eigenvalue weighted by Gasteiger charge is -2.20. The highest BCUT2D eigenvalue weighted by Crippen LogP contribution is 2.24. The monoisotopic (exact) mass is 311 g/mol. The standard InChI is InChI=1S/C17H29NO2S/c1-6-8-15(18-7-2)13-21(19,20)16-11-9-14(10-12-16)17(3,4)5/h9-12,15,18H,6-8,13H2,1-5H3. The Balaban J connectivity index is 2.92. The summed E-state index contributed by atoms with van der Waals surface area (Å²) in [6, 6.07) is 7.37. The molecule has 0 heterocycles. The van der Waals surface area contributed by atoms with Crippen LogP contribution in [0, 0.1) is 0 Å². The van der Waals surface area contributed by atoms with Gasteiger partial charge in [-0.1, -0.05) is 53.2 Å². The van der Waals surface area contributed by atoms with Gasteiger partial charge in [-0.2, -0.15) is 0 Å². The van der Waals surface area contributed by atoms with E-state index in [4.69, 9.17) is 0 Å². The molecule has 0 aliphatic heterocycles. The van der Waals surface area contributed by atoms with Crippen molar-refractivity contribution in [1.29, 1.82) is 0 Å². The van der Waals surface area contributed by atoms with Crippen LogP contribution in [0.25, 0.3) is 0 Å². The number of hydrogen-bond donors (Lipinski definition) is 1. The van der Waals surface area contributed by atoms with Crippen LogP contribution in [0.4, 0.5) is 0 Å². The Labute approximate surface area is 130 Å². The van der Waals surface area contributed by atoms with Crippen molar-refractivity contribution < 1.29 is 8.42 Å². The summed E-state index contributed by atoms with van der Waals surface area (Å²) in [5.74, 6) is 0.170. The second kappa shape index (κ2) is 7.41. The zero-order chi connectivity index (χ0) is 16.1. The molecule has 0 aromatic heterocycles. The molecule has 4 heteroatoms. The lowest BCUT2D eigenvalue weighted by Crippen LogP contribution is -2.35. The minimum absolute atomic E-state index is 0.0345. The van der Waals surface area contributed by atoms with Crippen molar-refractivity contribution in [2.24, 2.45) is 0 Å². The molecule has 0 bridgehead atoms. The van der Waals surface area contributed by atoms with Gasteiger partial charge in [0.2, 0.25) is 0 Å². The van der Waals surface area contributed by atoms with Crippen molar-refractivity contribution in [3.8, 4) is 0 Å². The summed E-state index contributed by atoms with van der Waals surface area (Å²) >= 11 is 0. The van der Waals surface area contributed by atoms with Gasteiger partial charge in [-0.3, -0.25) is 0 Å². The van der Waals surface area contributed by atoms with E-state index in [9.17, 15) is 8.42 Å². The molecule has 0 fully saturated rings. The lowest BCUT2D eigenvalue weighted by molar-refractivity contribution is 0.512. The molecule has 3 nitrogen and oxygen atoms in total. The number of sulfone groups is 1. The molecule has 1 unspecified atom stereocenters. The third kappa shape index (κ3) is 5.44. The average Bonchev–Trinajstić information content (AvgIpc) is 2.38. The molecule has 0 saturated carbocycles. The molecule has 0 spiro atoms. The van der Waals surface area contributed by atoms with Gasteiger partial charge < -0.3 is 5.32 Å². The summed E-state index contributed by atoms with van der Waals surface area (Å²) in [4.78, 5) is 0.425. The number of nitrogens with one attached hydrogen (secondary N) is 1. The smallest absolute Gasteiger partial charge is 0.179 e. The molecule has 0 aliphatic rings. The van der Waals surface area contributed by atoms with Crippen LogP contribution < -0.4 is 5.32 Å². The van der Waals surface area contributed by atoms with Crippen molar-refractivity contribution >= 4 is 9.84 Å². The molecule has 1 N–H and O–H groups in total. The fourth-order valence-electron chi connectivity index (χ4n) is 2.40. The average molecular weight is 311 g/mol. The maximum Gasteiger partial charge on any atom is 0.179 e. The molecule has 0 radical (unpaired) electrons. The molecule has 120 valence electrons. The van der Waals surface area contributed by atoms with Crippen LogP contribution >= 0.6 is 0 Å². The van der Waals surface area contributed by atoms with E-state index >= 15 is 0 Å². The van der Waals surface area contributed by atoms with Crippen LogP contribution in [0.1, 0.15) is 53.0 Å². The second-order valence-corrected chi connectivity index (χ2v) is 8.63. The van der Waals surface area contributed by atoms with E-state index < -0.39 is 9.84 Å². The first-order chi connectivity index (χ1) is 9.70. The largest absolute Gasteiger partial charge is 0.313 e. The van der Waals surface area contributed by atoms with Crippen molar-refractivity contribution in [3.05, 3.63) is 29.8 Å². The Morgan fingerprint density at radius 2 is 1.67 bits per heavy atom. The number of hydrogen-bond acceptors (Lipinski definition) is 3. The fraction of sp³-hybridized carbons (Fsp3) is 0.647. The first-order valence-corrected chi connectivity index (χ1v) is 9.42. The normalized spacial score (nSPS) is 14.1. The van der Waals surface area contributed by atoms with Crippen molar-refractivity contribution in [2.75, 3.05) is 12.3 Å². The highest BCUT2D eigenvalue weighted by molar-refractivity contribution is 7.91. The molecule has 1 atom stereocenters. The minimum atomic E-state index is -3.23. The van der Waals surface area contributed by atoms with Crippen LogP contribution in [0.3, 0.4) is 0 Å². The van der Waals surface area contributed by atoms with Crippen molar-refractivity contribution in [2.45, 2.75) is 63.8 Å². The number of benzene rings is 1. The van der Waals surface area contributed by atoms with Crippen LogP contribution in [0.15, 0.2) is 29.2 Å². The van der Waals surface area contributed by atoms with E-state index in [0.717, 1.165) is 24.9 Å². The number of rotatable bonds is 7. The van der Waals surface area contributed by atoms with E-state index in [1.165, 1.54) is 0 Å². The zero-order valence-corrected chi connectivity index (χ0v) is 14.8. The summed E-state index contributed by atoms with van der Waals surface area (Å²) in [6.45, 7) is 11.3. The summed E-state index contributed by atoms with van der Waals surface area (Å²) in [5, 5.41) is 3.27. The second-order valence-electron chi connectivity index (χ2n) is 6.60. The Bertz CT molecular complexity index is 521. The summed E-state index contributed by atoms with van der Waals surface area (Å²) in [6.07, 6.45) is 1.86. The topological polar surface area (TPSA) is 46.2 Å². The van der Waals surface area contributed by atoms with E-state index in [0.29, 0.717) is 4.90 Å². The van der Waals surface area contributed by atoms with Gasteiger partial charge >= 0.3 is 0 Å². The third-order valence-corrected chi connectivity index (χ3v) is 5.46. The van der Waals surface area contributed by atoms with Gasteiger partial charge in [0, 0.05) is 6.04 Å². The molecule has 21 heavy (non-hydrogen) atoms. The fourth-order valence-corrected chi connectivity index (χ4v) is 3.96. The van der Waals surface area contributed by atoms with Crippen LogP contribution in [-0.4, -0.2) is 26.8 Å². The first kappa shape index (κ1) is 18.2. The molecule has 0 amide bonds. The highest BCUT2D eigenvalue weighted by Gasteiger charge is 2.21. The zero-order valence-electron chi connectivity index (χ0n) is 13.9. The summed E-state index contributed by atoms with van der Waals surface area (Å²) in [5.41, 5.74) is 1.19. The quantitative estimate of drug-likeness (QED) is 0.838. The summed E-state index contributed by atoms with van der Waals surface area (Å²) in [7, 11) is -3.23. The Morgan fingerprint density at radius 3 is 2.10 bits per heavy atom. The maximum atomic E-state index is 12.5. The van der Waals surface area contributed by atoms with E-state index in [2.05, 4.69) is 33.0 Å². The molecule has 1 rings (SSSR count). The van der Waals surface area contributed by atoms with Gasteiger partial charge in [0.05, 0.1) is 10.6 Å². The Kier molecular flexibility index (Phi) is 6.41. The lowest BCUT2D eigenvalue weighted by atomic mass is 9.87. The van der Waals surface area contributed by atoms with E-state index in [-0.39, 0.29) is 17.2 Å². The first-order valence-electron chi connectivity index (χ1n) is 7.77. The molecular formula is C17H29NO2S. The van der Waals surface area contributed by atoms with Gasteiger partial charge in [-0.25, -0.2) is 8.42 Å². The van der Waals surface area contributed by atoms with Crippen LogP contribution in [0.5, 0.6) is 0 Å². The SMILES string of the molecule is CCCC(CS(=O)(=O)c1ccc(C(C)(C)C)cc1)NCC. The molecule has 0 saturated heterocycles. The highest BCUT2D eigenvalue weighted by atomic mass is 32.2. The predicted molar refractivity (Wildman–Crippen MR) is 89.6 cm³/mol. The minimum Gasteiger partial charge on any atom is -0.313 e. The van der Waals surface area contributed by atoms with Crippen molar-refractivity contribution in [1.82, 2.24) is 5.32 Å². The Morgan fingerprint density at radius 1 is 1.10 bits per heavy atom. The van der Waals surface area contributed by atoms with Crippen LogP contribution in [0.2, 0.25) is 0 Å². The van der Waals surface area contributed by atoms with Gasteiger partial charge in [0.15, 0.2) is 9.84 Å². The predicted octanol–water partition coefficient (Wildman–Crippen LogP) is 3.54. The molecule has 1 aromatic carbocycles. The third-order valence-electron chi connectivity index (χ3n) is 3.63. The van der Waals surface area contributed by atoms with Gasteiger partial charge in [-0.05, 0) is 36.1 Å².